The molecule has 1 aromatic rings. The number of carbonyl (C=O) groups excluding carboxylic acids is 1. The van der Waals surface area contributed by atoms with Gasteiger partial charge in [0.05, 0.1) is 6.10 Å². The van der Waals surface area contributed by atoms with Crippen molar-refractivity contribution in [2.75, 3.05) is 33.3 Å². The molecule has 0 saturated carbocycles. The average molecular weight is 350 g/mol. The lowest BCUT2D eigenvalue weighted by Crippen LogP contribution is -2.59. The molecular weight excluding hydrogens is 323 g/mol. The van der Waals surface area contributed by atoms with Crippen LogP contribution in [0.1, 0.15) is 31.2 Å². The van der Waals surface area contributed by atoms with Crippen molar-refractivity contribution in [1.29, 1.82) is 0 Å². The Morgan fingerprint density at radius 2 is 1.92 bits per heavy atom. The number of carbonyl (C=O) groups is 1. The second-order valence-corrected chi connectivity index (χ2v) is 7.20. The van der Waals surface area contributed by atoms with Crippen molar-refractivity contribution < 1.29 is 19.0 Å². The quantitative estimate of drug-likeness (QED) is 0.880. The summed E-state index contributed by atoms with van der Waals surface area (Å²) >= 11 is 0. The number of hydrogen-bond donors (Lipinski definition) is 1. The maximum absolute atomic E-state index is 13.0. The maximum Gasteiger partial charge on any atom is 0.256 e. The number of likely N-dealkylation sites (tertiary alicyclic amines) is 2. The van der Waals surface area contributed by atoms with Gasteiger partial charge in [-0.2, -0.15) is 0 Å². The van der Waals surface area contributed by atoms with Gasteiger partial charge in [0.1, 0.15) is 5.82 Å². The molecule has 1 N–H and O–H groups in total. The molecule has 0 aliphatic carbocycles. The van der Waals surface area contributed by atoms with Gasteiger partial charge in [-0.25, -0.2) is 4.39 Å². The Morgan fingerprint density at radius 3 is 2.56 bits per heavy atom. The average Bonchev–Trinajstić information content (AvgIpc) is 2.62. The summed E-state index contributed by atoms with van der Waals surface area (Å²) in [7, 11) is 1.73. The molecule has 2 heterocycles. The first kappa shape index (κ1) is 18.3. The predicted octanol–water partition coefficient (Wildman–Crippen LogP) is 1.79. The van der Waals surface area contributed by atoms with Crippen LogP contribution in [-0.2, 0) is 16.1 Å². The number of nitrogens with zero attached hydrogens (tertiary/aromatic N) is 2. The Kier molecular flexibility index (Phi) is 5.71. The number of aliphatic hydroxyl groups is 1. The second kappa shape index (κ2) is 7.81. The molecule has 0 spiro atoms. The number of piperidine rings is 2. The van der Waals surface area contributed by atoms with Gasteiger partial charge >= 0.3 is 0 Å². The third-order valence-corrected chi connectivity index (χ3v) is 5.34. The van der Waals surface area contributed by atoms with Gasteiger partial charge < -0.3 is 14.7 Å². The number of methoxy groups -OCH3 is 1. The zero-order chi connectivity index (χ0) is 17.9. The minimum Gasteiger partial charge on any atom is -0.381 e. The number of benzene rings is 1. The van der Waals surface area contributed by atoms with Crippen molar-refractivity contribution in [3.05, 3.63) is 35.6 Å². The van der Waals surface area contributed by atoms with Crippen LogP contribution in [0.5, 0.6) is 0 Å². The van der Waals surface area contributed by atoms with Gasteiger partial charge in [-0.15, -0.1) is 0 Å². The first-order valence-electron chi connectivity index (χ1n) is 9.01. The molecule has 0 radical (unpaired) electrons. The lowest BCUT2D eigenvalue weighted by Gasteiger charge is -2.42. The molecule has 1 amide bonds. The lowest BCUT2D eigenvalue weighted by atomic mass is 9.90. The summed E-state index contributed by atoms with van der Waals surface area (Å²) in [6.45, 7) is 3.09. The van der Waals surface area contributed by atoms with Crippen molar-refractivity contribution >= 4 is 5.91 Å². The van der Waals surface area contributed by atoms with E-state index in [1.807, 2.05) is 0 Å². The molecule has 5 nitrogen and oxygen atoms in total. The van der Waals surface area contributed by atoms with Crippen LogP contribution in [0.3, 0.4) is 0 Å². The van der Waals surface area contributed by atoms with E-state index in [2.05, 4.69) is 4.90 Å². The van der Waals surface area contributed by atoms with E-state index in [0.717, 1.165) is 37.9 Å². The molecule has 6 heteroatoms. The van der Waals surface area contributed by atoms with E-state index < -0.39 is 5.60 Å². The highest BCUT2D eigenvalue weighted by Gasteiger charge is 2.43. The zero-order valence-corrected chi connectivity index (χ0v) is 14.8. The van der Waals surface area contributed by atoms with Crippen LogP contribution in [0.15, 0.2) is 24.3 Å². The van der Waals surface area contributed by atoms with Gasteiger partial charge in [0.25, 0.3) is 5.91 Å². The Bertz CT molecular complexity index is 587. The highest BCUT2D eigenvalue weighted by molar-refractivity contribution is 5.86. The Labute approximate surface area is 148 Å². The lowest BCUT2D eigenvalue weighted by molar-refractivity contribution is -0.161. The molecule has 2 aliphatic rings. The van der Waals surface area contributed by atoms with Gasteiger partial charge in [0, 0.05) is 39.8 Å². The van der Waals surface area contributed by atoms with E-state index in [1.54, 1.807) is 24.1 Å². The van der Waals surface area contributed by atoms with E-state index in [1.165, 1.54) is 12.1 Å². The number of rotatable bonds is 5. The number of amides is 1. The topological polar surface area (TPSA) is 53.0 Å². The van der Waals surface area contributed by atoms with Crippen LogP contribution in [0.2, 0.25) is 0 Å². The van der Waals surface area contributed by atoms with Crippen LogP contribution in [0.4, 0.5) is 4.39 Å². The SMILES string of the molecule is COC1CCN(CC2(O)CCCN(Cc3ccc(F)cc3)C2=O)CC1. The second-order valence-electron chi connectivity index (χ2n) is 7.20. The first-order valence-corrected chi connectivity index (χ1v) is 9.01. The smallest absolute Gasteiger partial charge is 0.256 e. The molecule has 0 aromatic heterocycles. The summed E-state index contributed by atoms with van der Waals surface area (Å²) in [4.78, 5) is 16.7. The zero-order valence-electron chi connectivity index (χ0n) is 14.8. The molecule has 25 heavy (non-hydrogen) atoms. The molecule has 1 atom stereocenters. The van der Waals surface area contributed by atoms with Gasteiger partial charge in [0.2, 0.25) is 0 Å². The first-order chi connectivity index (χ1) is 12.0. The van der Waals surface area contributed by atoms with Gasteiger partial charge in [-0.3, -0.25) is 9.69 Å². The fourth-order valence-electron chi connectivity index (χ4n) is 3.85. The fraction of sp³-hybridized carbons (Fsp3) is 0.632. The van der Waals surface area contributed by atoms with E-state index in [4.69, 9.17) is 4.74 Å². The van der Waals surface area contributed by atoms with Crippen LogP contribution < -0.4 is 0 Å². The van der Waals surface area contributed by atoms with Gasteiger partial charge in [-0.1, -0.05) is 12.1 Å². The Morgan fingerprint density at radius 1 is 1.24 bits per heavy atom. The standard InChI is InChI=1S/C19H27FN2O3/c1-25-17-7-11-21(12-8-17)14-19(24)9-2-10-22(18(19)23)13-15-3-5-16(20)6-4-15/h3-6,17,24H,2,7-14H2,1H3. The minimum absolute atomic E-state index is 0.211. The van der Waals surface area contributed by atoms with Crippen molar-refractivity contribution in [2.45, 2.75) is 43.9 Å². The monoisotopic (exact) mass is 350 g/mol. The minimum atomic E-state index is -1.32. The highest BCUT2D eigenvalue weighted by atomic mass is 19.1. The largest absolute Gasteiger partial charge is 0.381 e. The summed E-state index contributed by atoms with van der Waals surface area (Å²) in [6, 6.07) is 6.17. The summed E-state index contributed by atoms with van der Waals surface area (Å²) in [6.07, 6.45) is 3.41. The van der Waals surface area contributed by atoms with Crippen LogP contribution >= 0.6 is 0 Å². The molecule has 1 unspecified atom stereocenters. The fourth-order valence-corrected chi connectivity index (χ4v) is 3.85. The molecule has 3 rings (SSSR count). The summed E-state index contributed by atoms with van der Waals surface area (Å²) in [5.74, 6) is -0.498. The van der Waals surface area contributed by atoms with Crippen molar-refractivity contribution in [3.8, 4) is 0 Å². The van der Waals surface area contributed by atoms with E-state index in [9.17, 15) is 14.3 Å². The molecule has 2 fully saturated rings. The number of halogens is 1. The molecule has 0 bridgehead atoms. The third kappa shape index (κ3) is 4.37. The molecular formula is C19H27FN2O3. The molecule has 1 aromatic carbocycles. The van der Waals surface area contributed by atoms with E-state index in [-0.39, 0.29) is 17.8 Å². The van der Waals surface area contributed by atoms with Crippen LogP contribution in [0.25, 0.3) is 0 Å². The number of β-amino-alcohol motifs (C(OH)–C–C–N with tert-alkyl or cyclic N) is 1. The summed E-state index contributed by atoms with van der Waals surface area (Å²) in [5, 5.41) is 11.0. The summed E-state index contributed by atoms with van der Waals surface area (Å²) in [5.41, 5.74) is -0.446. The van der Waals surface area contributed by atoms with E-state index in [0.29, 0.717) is 26.1 Å². The molecule has 2 aliphatic heterocycles. The van der Waals surface area contributed by atoms with Gasteiger partial charge in [-0.05, 0) is 43.4 Å². The van der Waals surface area contributed by atoms with Crippen LogP contribution in [0, 0.1) is 5.82 Å². The van der Waals surface area contributed by atoms with Crippen LogP contribution in [-0.4, -0.2) is 65.8 Å². The van der Waals surface area contributed by atoms with Gasteiger partial charge in [0.15, 0.2) is 5.60 Å². The summed E-state index contributed by atoms with van der Waals surface area (Å²) < 4.78 is 18.4. The number of ether oxygens (including phenoxy) is 1. The predicted molar refractivity (Wildman–Crippen MR) is 92.5 cm³/mol. The third-order valence-electron chi connectivity index (χ3n) is 5.34. The molecule has 2 saturated heterocycles. The number of hydrogen-bond acceptors (Lipinski definition) is 4. The van der Waals surface area contributed by atoms with Crippen molar-refractivity contribution in [2.24, 2.45) is 0 Å². The Balaban J connectivity index is 1.61. The highest BCUT2D eigenvalue weighted by Crippen LogP contribution is 2.27. The van der Waals surface area contributed by atoms with E-state index >= 15 is 0 Å². The Hall–Kier alpha value is -1.50. The maximum atomic E-state index is 13.0. The van der Waals surface area contributed by atoms with Crippen molar-refractivity contribution in [3.63, 3.8) is 0 Å². The normalized spacial score (nSPS) is 26.2. The molecule has 138 valence electrons. The van der Waals surface area contributed by atoms with Crippen molar-refractivity contribution in [1.82, 2.24) is 9.80 Å².